The molecule has 15 heavy (non-hydrogen) atoms. The maximum atomic E-state index is 11.8. The molecule has 0 spiro atoms. The summed E-state index contributed by atoms with van der Waals surface area (Å²) >= 11 is 0. The van der Waals surface area contributed by atoms with Crippen molar-refractivity contribution < 1.29 is 9.53 Å². The van der Waals surface area contributed by atoms with Gasteiger partial charge in [-0.3, -0.25) is 4.79 Å². The molecule has 0 bridgehead atoms. The Morgan fingerprint density at radius 3 is 2.60 bits per heavy atom. The molecular formula is C13H20O2. The molecule has 0 amide bonds. The van der Waals surface area contributed by atoms with Crippen molar-refractivity contribution in [2.24, 2.45) is 22.7 Å². The summed E-state index contributed by atoms with van der Waals surface area (Å²) in [5.41, 5.74) is 0.636. The van der Waals surface area contributed by atoms with Gasteiger partial charge in [-0.05, 0) is 36.5 Å². The molecule has 0 radical (unpaired) electrons. The number of carbonyl (C=O) groups is 1. The topological polar surface area (TPSA) is 26.3 Å². The average molecular weight is 208 g/mol. The van der Waals surface area contributed by atoms with Gasteiger partial charge in [-0.2, -0.15) is 0 Å². The number of ether oxygens (including phenoxy) is 1. The van der Waals surface area contributed by atoms with Gasteiger partial charge in [-0.1, -0.05) is 20.8 Å². The Kier molecular flexibility index (Phi) is 1.67. The molecule has 2 heteroatoms. The van der Waals surface area contributed by atoms with Crippen LogP contribution in [0.1, 0.15) is 46.5 Å². The predicted octanol–water partition coefficient (Wildman–Crippen LogP) is 2.76. The van der Waals surface area contributed by atoms with Gasteiger partial charge in [-0.15, -0.1) is 0 Å². The molecule has 2 saturated carbocycles. The first-order valence-corrected chi connectivity index (χ1v) is 6.13. The maximum absolute atomic E-state index is 11.8. The third-order valence-corrected chi connectivity index (χ3v) is 5.14. The van der Waals surface area contributed by atoms with Crippen LogP contribution in [-0.4, -0.2) is 12.1 Å². The van der Waals surface area contributed by atoms with Crippen molar-refractivity contribution in [2.75, 3.05) is 0 Å². The van der Waals surface area contributed by atoms with Crippen molar-refractivity contribution >= 4 is 5.97 Å². The molecular weight excluding hydrogens is 188 g/mol. The van der Waals surface area contributed by atoms with E-state index in [0.29, 0.717) is 11.3 Å². The highest BCUT2D eigenvalue weighted by molar-refractivity contribution is 5.76. The van der Waals surface area contributed by atoms with Crippen molar-refractivity contribution in [1.29, 1.82) is 0 Å². The van der Waals surface area contributed by atoms with E-state index in [1.165, 1.54) is 12.8 Å². The maximum Gasteiger partial charge on any atom is 0.309 e. The fourth-order valence-electron chi connectivity index (χ4n) is 4.08. The van der Waals surface area contributed by atoms with Crippen LogP contribution in [0.2, 0.25) is 0 Å². The zero-order chi connectivity index (χ0) is 10.8. The van der Waals surface area contributed by atoms with Gasteiger partial charge in [0.2, 0.25) is 0 Å². The monoisotopic (exact) mass is 208 g/mol. The van der Waals surface area contributed by atoms with Gasteiger partial charge in [0.05, 0.1) is 5.92 Å². The minimum atomic E-state index is 0.0858. The van der Waals surface area contributed by atoms with Crippen molar-refractivity contribution in [1.82, 2.24) is 0 Å². The third kappa shape index (κ3) is 1.14. The molecule has 0 aromatic carbocycles. The lowest BCUT2D eigenvalue weighted by Crippen LogP contribution is -2.55. The van der Waals surface area contributed by atoms with Crippen LogP contribution in [0.3, 0.4) is 0 Å². The summed E-state index contributed by atoms with van der Waals surface area (Å²) in [4.78, 5) is 11.8. The second-order valence-electron chi connectivity index (χ2n) is 6.75. The molecule has 0 unspecified atom stereocenters. The summed E-state index contributed by atoms with van der Waals surface area (Å²) in [5.74, 6) is 0.930. The second kappa shape index (κ2) is 2.58. The van der Waals surface area contributed by atoms with Gasteiger partial charge in [0.25, 0.3) is 0 Å². The largest absolute Gasteiger partial charge is 0.462 e. The van der Waals surface area contributed by atoms with Crippen LogP contribution in [0.5, 0.6) is 0 Å². The SMILES string of the molecule is CC1(C)C[C@H]2OC(=O)[C@@H]3CC[C@]3(C)[C@H]2C1. The van der Waals surface area contributed by atoms with Gasteiger partial charge in [-0.25, -0.2) is 0 Å². The minimum Gasteiger partial charge on any atom is -0.462 e. The number of esters is 1. The van der Waals surface area contributed by atoms with E-state index in [0.717, 1.165) is 12.8 Å². The predicted molar refractivity (Wildman–Crippen MR) is 57.2 cm³/mol. The van der Waals surface area contributed by atoms with E-state index in [9.17, 15) is 4.79 Å². The number of rotatable bonds is 0. The van der Waals surface area contributed by atoms with Crippen LogP contribution in [0.25, 0.3) is 0 Å². The Labute approximate surface area is 91.4 Å². The molecule has 1 saturated heterocycles. The van der Waals surface area contributed by atoms with Gasteiger partial charge in [0.1, 0.15) is 6.10 Å². The van der Waals surface area contributed by atoms with E-state index in [2.05, 4.69) is 20.8 Å². The summed E-state index contributed by atoms with van der Waals surface area (Å²) in [6.45, 7) is 6.91. The van der Waals surface area contributed by atoms with E-state index >= 15 is 0 Å². The molecule has 3 fully saturated rings. The van der Waals surface area contributed by atoms with Crippen molar-refractivity contribution in [3.05, 3.63) is 0 Å². The standard InChI is InChI=1S/C13H20O2/c1-12(2)6-9-10(7-12)15-11(14)8-4-5-13(8,9)3/h8-10H,4-7H2,1-3H3/t8-,9-,10+,13-/m0/s1. The molecule has 3 aliphatic rings. The van der Waals surface area contributed by atoms with Crippen molar-refractivity contribution in [3.8, 4) is 0 Å². The van der Waals surface area contributed by atoms with Crippen LogP contribution in [-0.2, 0) is 9.53 Å². The number of hydrogen-bond acceptors (Lipinski definition) is 2. The third-order valence-electron chi connectivity index (χ3n) is 5.14. The highest BCUT2D eigenvalue weighted by Crippen LogP contribution is 2.63. The molecule has 0 N–H and O–H groups in total. The smallest absolute Gasteiger partial charge is 0.309 e. The van der Waals surface area contributed by atoms with Gasteiger partial charge in [0, 0.05) is 5.92 Å². The Balaban J connectivity index is 1.93. The Morgan fingerprint density at radius 2 is 2.00 bits per heavy atom. The van der Waals surface area contributed by atoms with E-state index in [-0.39, 0.29) is 23.4 Å². The van der Waals surface area contributed by atoms with Crippen LogP contribution in [0.4, 0.5) is 0 Å². The lowest BCUT2D eigenvalue weighted by molar-refractivity contribution is -0.196. The average Bonchev–Trinajstić information content (AvgIpc) is 2.36. The van der Waals surface area contributed by atoms with E-state index in [1.54, 1.807) is 0 Å². The molecule has 3 rings (SSSR count). The van der Waals surface area contributed by atoms with E-state index in [1.807, 2.05) is 0 Å². The summed E-state index contributed by atoms with van der Waals surface area (Å²) in [6, 6.07) is 0. The summed E-state index contributed by atoms with van der Waals surface area (Å²) in [5, 5.41) is 0. The Morgan fingerprint density at radius 1 is 1.27 bits per heavy atom. The fraction of sp³-hybridized carbons (Fsp3) is 0.923. The Bertz CT molecular complexity index is 320. The zero-order valence-corrected chi connectivity index (χ0v) is 9.88. The molecule has 2 aliphatic carbocycles. The second-order valence-corrected chi connectivity index (χ2v) is 6.75. The van der Waals surface area contributed by atoms with Crippen molar-refractivity contribution in [3.63, 3.8) is 0 Å². The lowest BCUT2D eigenvalue weighted by atomic mass is 9.53. The molecule has 1 aliphatic heterocycles. The Hall–Kier alpha value is -0.530. The quantitative estimate of drug-likeness (QED) is 0.572. The van der Waals surface area contributed by atoms with Crippen LogP contribution in [0, 0.1) is 22.7 Å². The number of fused-ring (bicyclic) bond motifs is 3. The van der Waals surface area contributed by atoms with E-state index in [4.69, 9.17) is 4.74 Å². The lowest BCUT2D eigenvalue weighted by Gasteiger charge is -2.54. The molecule has 4 atom stereocenters. The van der Waals surface area contributed by atoms with E-state index < -0.39 is 0 Å². The first-order chi connectivity index (χ1) is 6.92. The van der Waals surface area contributed by atoms with Crippen LogP contribution in [0.15, 0.2) is 0 Å². The van der Waals surface area contributed by atoms with Crippen LogP contribution < -0.4 is 0 Å². The normalized spacial score (nSPS) is 51.4. The highest BCUT2D eigenvalue weighted by Gasteiger charge is 2.62. The van der Waals surface area contributed by atoms with Crippen molar-refractivity contribution in [2.45, 2.75) is 52.6 Å². The van der Waals surface area contributed by atoms with Gasteiger partial charge >= 0.3 is 5.97 Å². The summed E-state index contributed by atoms with van der Waals surface area (Å²) in [7, 11) is 0. The van der Waals surface area contributed by atoms with Gasteiger partial charge < -0.3 is 4.74 Å². The molecule has 84 valence electrons. The number of hydrogen-bond donors (Lipinski definition) is 0. The molecule has 2 nitrogen and oxygen atoms in total. The fourth-order valence-corrected chi connectivity index (χ4v) is 4.08. The first kappa shape index (κ1) is 9.68. The minimum absolute atomic E-state index is 0.0858. The first-order valence-electron chi connectivity index (χ1n) is 6.13. The highest BCUT2D eigenvalue weighted by atomic mass is 16.5. The summed E-state index contributed by atoms with van der Waals surface area (Å²) in [6.07, 6.45) is 4.79. The molecule has 0 aromatic heterocycles. The molecule has 1 heterocycles. The van der Waals surface area contributed by atoms with Crippen LogP contribution >= 0.6 is 0 Å². The molecule has 0 aromatic rings. The summed E-state index contributed by atoms with van der Waals surface area (Å²) < 4.78 is 5.61. The number of carbonyl (C=O) groups excluding carboxylic acids is 1. The van der Waals surface area contributed by atoms with Gasteiger partial charge in [0.15, 0.2) is 0 Å². The zero-order valence-electron chi connectivity index (χ0n) is 9.88.